The predicted octanol–water partition coefficient (Wildman–Crippen LogP) is 5.10. The molecule has 163 valence electrons. The minimum absolute atomic E-state index is 0.0207. The van der Waals surface area contributed by atoms with Crippen LogP contribution in [0.3, 0.4) is 0 Å². The molecule has 0 saturated carbocycles. The zero-order chi connectivity index (χ0) is 21.8. The molecule has 3 aromatic rings. The fourth-order valence-corrected chi connectivity index (χ4v) is 6.51. The van der Waals surface area contributed by atoms with Crippen molar-refractivity contribution >= 4 is 26.5 Å². The number of aryl methyl sites for hydroxylation is 1. The van der Waals surface area contributed by atoms with Gasteiger partial charge in [0.1, 0.15) is 5.82 Å². The van der Waals surface area contributed by atoms with Gasteiger partial charge in [-0.2, -0.15) is 4.31 Å². The first-order valence-electron chi connectivity index (χ1n) is 10.4. The number of nitrogens with zero attached hydrogens (tertiary/aromatic N) is 2. The number of anilines is 1. The second kappa shape index (κ2) is 9.46. The average Bonchev–Trinajstić information content (AvgIpc) is 3.23. The van der Waals surface area contributed by atoms with Gasteiger partial charge < -0.3 is 5.32 Å². The Balaban J connectivity index is 1.40. The van der Waals surface area contributed by atoms with Gasteiger partial charge in [-0.05, 0) is 67.6 Å². The van der Waals surface area contributed by atoms with Crippen LogP contribution in [0, 0.1) is 18.8 Å². The number of hydrogen-bond donors (Lipinski definition) is 1. The highest BCUT2D eigenvalue weighted by molar-refractivity contribution is 7.89. The molecule has 2 heterocycles. The number of halogens is 1. The van der Waals surface area contributed by atoms with Crippen LogP contribution in [0.1, 0.15) is 31.2 Å². The fourth-order valence-electron chi connectivity index (χ4n) is 3.92. The molecule has 1 N–H and O–H groups in total. The normalized spacial score (nSPS) is 17.5. The van der Waals surface area contributed by atoms with Crippen LogP contribution in [0.4, 0.5) is 9.52 Å². The van der Waals surface area contributed by atoms with Gasteiger partial charge in [0.2, 0.25) is 10.0 Å². The summed E-state index contributed by atoms with van der Waals surface area (Å²) in [5, 5.41) is 4.15. The molecule has 8 heteroatoms. The van der Waals surface area contributed by atoms with E-state index in [1.54, 1.807) is 15.6 Å². The van der Waals surface area contributed by atoms with Gasteiger partial charge in [0.05, 0.1) is 9.77 Å². The topological polar surface area (TPSA) is 62.3 Å². The molecule has 0 amide bonds. The Morgan fingerprint density at radius 1 is 1.29 bits per heavy atom. The molecule has 1 radical (unpaired) electrons. The Labute approximate surface area is 187 Å². The van der Waals surface area contributed by atoms with Crippen LogP contribution < -0.4 is 5.32 Å². The SMILES string of the molecule is Cc1[c]ccc(-c2cnc(NCCC3CCCCN3S(=O)(=O)c3cccc(F)c3)s2)c1. The monoisotopic (exact) mass is 458 g/mol. The fraction of sp³-hybridized carbons (Fsp3) is 0.348. The van der Waals surface area contributed by atoms with Crippen molar-refractivity contribution in [3.63, 3.8) is 0 Å². The van der Waals surface area contributed by atoms with E-state index in [-0.39, 0.29) is 10.9 Å². The summed E-state index contributed by atoms with van der Waals surface area (Å²) < 4.78 is 41.3. The summed E-state index contributed by atoms with van der Waals surface area (Å²) in [6.07, 6.45) is 5.14. The van der Waals surface area contributed by atoms with Gasteiger partial charge in [0, 0.05) is 25.3 Å². The number of hydrogen-bond acceptors (Lipinski definition) is 5. The summed E-state index contributed by atoms with van der Waals surface area (Å²) in [5.74, 6) is -0.539. The summed E-state index contributed by atoms with van der Waals surface area (Å²) in [6.45, 7) is 3.10. The summed E-state index contributed by atoms with van der Waals surface area (Å²) in [7, 11) is -3.72. The van der Waals surface area contributed by atoms with Crippen LogP contribution in [-0.2, 0) is 10.0 Å². The molecule has 0 aliphatic carbocycles. The summed E-state index contributed by atoms with van der Waals surface area (Å²) in [5.41, 5.74) is 2.19. The van der Waals surface area contributed by atoms with E-state index in [0.717, 1.165) is 46.5 Å². The Kier molecular flexibility index (Phi) is 6.69. The maximum Gasteiger partial charge on any atom is 0.243 e. The molecule has 1 aliphatic rings. The molecule has 4 rings (SSSR count). The van der Waals surface area contributed by atoms with Crippen molar-refractivity contribution in [3.8, 4) is 10.4 Å². The minimum Gasteiger partial charge on any atom is -0.361 e. The maximum atomic E-state index is 13.6. The lowest BCUT2D eigenvalue weighted by Crippen LogP contribution is -2.44. The van der Waals surface area contributed by atoms with E-state index in [9.17, 15) is 12.8 Å². The van der Waals surface area contributed by atoms with E-state index in [0.29, 0.717) is 19.5 Å². The van der Waals surface area contributed by atoms with Gasteiger partial charge in [-0.25, -0.2) is 17.8 Å². The molecule has 5 nitrogen and oxygen atoms in total. The van der Waals surface area contributed by atoms with Crippen LogP contribution in [-0.4, -0.2) is 36.8 Å². The van der Waals surface area contributed by atoms with E-state index in [1.165, 1.54) is 18.2 Å². The smallest absolute Gasteiger partial charge is 0.243 e. The number of sulfonamides is 1. The number of piperidine rings is 1. The number of aromatic nitrogens is 1. The van der Waals surface area contributed by atoms with E-state index in [1.807, 2.05) is 25.3 Å². The van der Waals surface area contributed by atoms with Crippen molar-refractivity contribution in [2.24, 2.45) is 0 Å². The van der Waals surface area contributed by atoms with E-state index in [4.69, 9.17) is 0 Å². The summed E-state index contributed by atoms with van der Waals surface area (Å²) >= 11 is 1.58. The molecular formula is C23H25FN3O2S2. The van der Waals surface area contributed by atoms with Crippen LogP contribution >= 0.6 is 11.3 Å². The first-order chi connectivity index (χ1) is 14.9. The molecule has 1 atom stereocenters. The van der Waals surface area contributed by atoms with Crippen LogP contribution in [0.15, 0.2) is 53.6 Å². The molecule has 1 aromatic heterocycles. The first kappa shape index (κ1) is 21.9. The lowest BCUT2D eigenvalue weighted by Gasteiger charge is -2.34. The molecule has 0 bridgehead atoms. The van der Waals surface area contributed by atoms with Gasteiger partial charge in [-0.1, -0.05) is 36.0 Å². The Morgan fingerprint density at radius 3 is 2.97 bits per heavy atom. The van der Waals surface area contributed by atoms with Crippen molar-refractivity contribution in [1.29, 1.82) is 0 Å². The molecule has 2 aromatic carbocycles. The Hall–Kier alpha value is -2.29. The zero-order valence-electron chi connectivity index (χ0n) is 17.3. The molecule has 1 aliphatic heterocycles. The van der Waals surface area contributed by atoms with Crippen molar-refractivity contribution in [3.05, 3.63) is 66.1 Å². The van der Waals surface area contributed by atoms with E-state index in [2.05, 4.69) is 22.4 Å². The summed E-state index contributed by atoms with van der Waals surface area (Å²) in [6, 6.07) is 14.3. The lowest BCUT2D eigenvalue weighted by atomic mass is 10.0. The zero-order valence-corrected chi connectivity index (χ0v) is 19.0. The van der Waals surface area contributed by atoms with Crippen LogP contribution in [0.5, 0.6) is 0 Å². The third kappa shape index (κ3) is 5.14. The quantitative estimate of drug-likeness (QED) is 0.535. The van der Waals surface area contributed by atoms with E-state index >= 15 is 0 Å². The standard InChI is InChI=1S/C23H25FN3O2S2/c1-17-6-4-7-18(14-17)22-16-26-23(30-22)25-12-11-20-9-2-3-13-27(20)31(28,29)21-10-5-8-19(24)15-21/h4-5,7-8,10,14-16,20H,2-3,9,11-13H2,1H3,(H,25,26). The molecule has 1 unspecified atom stereocenters. The van der Waals surface area contributed by atoms with Crippen LogP contribution in [0.2, 0.25) is 0 Å². The van der Waals surface area contributed by atoms with E-state index < -0.39 is 15.8 Å². The number of nitrogens with one attached hydrogen (secondary N) is 1. The van der Waals surface area contributed by atoms with Crippen molar-refractivity contribution in [1.82, 2.24) is 9.29 Å². The number of benzene rings is 2. The van der Waals surface area contributed by atoms with Gasteiger partial charge in [-0.15, -0.1) is 0 Å². The highest BCUT2D eigenvalue weighted by atomic mass is 32.2. The molecule has 31 heavy (non-hydrogen) atoms. The minimum atomic E-state index is -3.72. The first-order valence-corrected chi connectivity index (χ1v) is 12.6. The van der Waals surface area contributed by atoms with Crippen LogP contribution in [0.25, 0.3) is 10.4 Å². The van der Waals surface area contributed by atoms with Gasteiger partial charge in [-0.3, -0.25) is 0 Å². The van der Waals surface area contributed by atoms with Crippen molar-refractivity contribution < 1.29 is 12.8 Å². The molecule has 1 saturated heterocycles. The molecule has 0 spiro atoms. The average molecular weight is 459 g/mol. The van der Waals surface area contributed by atoms with Gasteiger partial charge >= 0.3 is 0 Å². The maximum absolute atomic E-state index is 13.6. The second-order valence-electron chi connectivity index (χ2n) is 7.73. The number of rotatable bonds is 7. The predicted molar refractivity (Wildman–Crippen MR) is 122 cm³/mol. The third-order valence-electron chi connectivity index (χ3n) is 5.47. The van der Waals surface area contributed by atoms with Crippen molar-refractivity contribution in [2.45, 2.75) is 43.5 Å². The second-order valence-corrected chi connectivity index (χ2v) is 10.6. The highest BCUT2D eigenvalue weighted by Crippen LogP contribution is 2.30. The van der Waals surface area contributed by atoms with Gasteiger partial charge in [0.25, 0.3) is 0 Å². The highest BCUT2D eigenvalue weighted by Gasteiger charge is 2.33. The Morgan fingerprint density at radius 2 is 2.16 bits per heavy atom. The molecular weight excluding hydrogens is 433 g/mol. The Bertz CT molecular complexity index is 1150. The third-order valence-corrected chi connectivity index (χ3v) is 8.42. The number of thiazole rings is 1. The largest absolute Gasteiger partial charge is 0.361 e. The molecule has 1 fully saturated rings. The van der Waals surface area contributed by atoms with Crippen molar-refractivity contribution in [2.75, 3.05) is 18.4 Å². The summed E-state index contributed by atoms with van der Waals surface area (Å²) in [4.78, 5) is 5.55. The lowest BCUT2D eigenvalue weighted by molar-refractivity contribution is 0.244. The van der Waals surface area contributed by atoms with Gasteiger partial charge in [0.15, 0.2) is 5.13 Å².